The van der Waals surface area contributed by atoms with Gasteiger partial charge in [0.1, 0.15) is 0 Å². The number of aliphatic hydroxyl groups is 3. The van der Waals surface area contributed by atoms with Crippen LogP contribution in [0.5, 0.6) is 0 Å². The summed E-state index contributed by atoms with van der Waals surface area (Å²) in [5.41, 5.74) is 6.56. The van der Waals surface area contributed by atoms with Crippen molar-refractivity contribution >= 4 is 0 Å². The fourth-order valence-electron chi connectivity index (χ4n) is 7.26. The molecule has 132 valence electrons. The van der Waals surface area contributed by atoms with Crippen molar-refractivity contribution in [1.29, 1.82) is 0 Å². The fraction of sp³-hybridized carbons (Fsp3) is 1.00. The molecule has 0 bridgehead atoms. The van der Waals surface area contributed by atoms with Gasteiger partial charge in [-0.2, -0.15) is 0 Å². The topological polar surface area (TPSA) is 86.7 Å². The predicted octanol–water partition coefficient (Wildman–Crippen LogP) is 1.66. The van der Waals surface area contributed by atoms with Gasteiger partial charge >= 0.3 is 0 Å². The maximum Gasteiger partial charge on any atom is 0.0699 e. The van der Waals surface area contributed by atoms with Crippen molar-refractivity contribution in [3.05, 3.63) is 0 Å². The minimum atomic E-state index is -0.422. The molecule has 4 saturated carbocycles. The molecule has 0 aromatic rings. The maximum absolute atomic E-state index is 11.0. The van der Waals surface area contributed by atoms with Crippen molar-refractivity contribution in [2.45, 2.75) is 83.1 Å². The summed E-state index contributed by atoms with van der Waals surface area (Å²) in [5, 5.41) is 31.4. The van der Waals surface area contributed by atoms with Gasteiger partial charge in [0, 0.05) is 6.04 Å². The highest BCUT2D eigenvalue weighted by molar-refractivity contribution is 5.14. The summed E-state index contributed by atoms with van der Waals surface area (Å²) in [5.74, 6) is 1.56. The number of rotatable bonds is 0. The van der Waals surface area contributed by atoms with Crippen LogP contribution in [0.2, 0.25) is 0 Å². The molecule has 4 aliphatic carbocycles. The van der Waals surface area contributed by atoms with Crippen molar-refractivity contribution in [3.8, 4) is 0 Å². The van der Waals surface area contributed by atoms with Gasteiger partial charge in [0.2, 0.25) is 0 Å². The monoisotopic (exact) mass is 323 g/mol. The Labute approximate surface area is 139 Å². The molecular weight excluding hydrogens is 290 g/mol. The quantitative estimate of drug-likeness (QED) is 0.546. The molecule has 0 aromatic carbocycles. The normalized spacial score (nSPS) is 62.3. The first-order valence-electron chi connectivity index (χ1n) is 9.57. The summed E-state index contributed by atoms with van der Waals surface area (Å²) in [4.78, 5) is 0. The Morgan fingerprint density at radius 1 is 0.826 bits per heavy atom. The van der Waals surface area contributed by atoms with Crippen LogP contribution < -0.4 is 5.73 Å². The zero-order valence-electron chi connectivity index (χ0n) is 14.5. The van der Waals surface area contributed by atoms with Crippen LogP contribution in [0, 0.1) is 34.5 Å². The molecular formula is C19H33NO3. The fourth-order valence-corrected chi connectivity index (χ4v) is 7.26. The SMILES string of the molecule is C[C@]12CC[C@H](O)C[C@H]1C[C@H](O)[C@@H]1[C@@H]2CC[C@]2(C)[C@H](N)[C@@H](O)C[C@@H]12. The molecule has 10 atom stereocenters. The summed E-state index contributed by atoms with van der Waals surface area (Å²) in [6, 6.07) is -0.153. The Kier molecular flexibility index (Phi) is 3.67. The van der Waals surface area contributed by atoms with Crippen molar-refractivity contribution in [2.75, 3.05) is 0 Å². The van der Waals surface area contributed by atoms with Gasteiger partial charge in [-0.1, -0.05) is 13.8 Å². The zero-order valence-corrected chi connectivity index (χ0v) is 14.5. The highest BCUT2D eigenvalue weighted by Crippen LogP contribution is 2.65. The Balaban J connectivity index is 1.68. The van der Waals surface area contributed by atoms with Gasteiger partial charge in [0.15, 0.2) is 0 Å². The van der Waals surface area contributed by atoms with Crippen LogP contribution in [-0.4, -0.2) is 39.7 Å². The molecule has 23 heavy (non-hydrogen) atoms. The average Bonchev–Trinajstić information content (AvgIpc) is 2.73. The Hall–Kier alpha value is -0.160. The Morgan fingerprint density at radius 3 is 2.26 bits per heavy atom. The highest BCUT2D eigenvalue weighted by atomic mass is 16.3. The Bertz CT molecular complexity index is 485. The van der Waals surface area contributed by atoms with E-state index in [0.717, 1.165) is 44.9 Å². The second-order valence-electron chi connectivity index (χ2n) is 9.60. The van der Waals surface area contributed by atoms with Gasteiger partial charge < -0.3 is 21.1 Å². The average molecular weight is 323 g/mol. The second-order valence-corrected chi connectivity index (χ2v) is 9.60. The molecule has 0 unspecified atom stereocenters. The number of nitrogens with two attached hydrogens (primary N) is 1. The first-order valence-corrected chi connectivity index (χ1v) is 9.57. The van der Waals surface area contributed by atoms with Crippen LogP contribution in [-0.2, 0) is 0 Å². The number of hydrogen-bond acceptors (Lipinski definition) is 4. The third kappa shape index (κ3) is 2.11. The van der Waals surface area contributed by atoms with Gasteiger partial charge in [0.25, 0.3) is 0 Å². The molecule has 4 nitrogen and oxygen atoms in total. The number of aliphatic hydroxyl groups excluding tert-OH is 3. The van der Waals surface area contributed by atoms with E-state index in [1.54, 1.807) is 0 Å². The molecule has 4 aliphatic rings. The lowest BCUT2D eigenvalue weighted by molar-refractivity contribution is -0.169. The molecule has 0 radical (unpaired) electrons. The van der Waals surface area contributed by atoms with Crippen LogP contribution >= 0.6 is 0 Å². The molecule has 4 fully saturated rings. The molecule has 0 heterocycles. The van der Waals surface area contributed by atoms with Gasteiger partial charge in [0.05, 0.1) is 18.3 Å². The van der Waals surface area contributed by atoms with E-state index >= 15 is 0 Å². The summed E-state index contributed by atoms with van der Waals surface area (Å²) in [6.07, 6.45) is 5.65. The molecule has 4 heteroatoms. The minimum Gasteiger partial charge on any atom is -0.393 e. The summed E-state index contributed by atoms with van der Waals surface area (Å²) in [7, 11) is 0. The maximum atomic E-state index is 11.0. The van der Waals surface area contributed by atoms with Crippen LogP contribution in [0.3, 0.4) is 0 Å². The third-order valence-electron chi connectivity index (χ3n) is 8.76. The molecule has 0 aromatic heterocycles. The van der Waals surface area contributed by atoms with E-state index in [1.807, 2.05) is 0 Å². The van der Waals surface area contributed by atoms with Crippen LogP contribution in [0.15, 0.2) is 0 Å². The molecule has 0 amide bonds. The molecule has 0 aliphatic heterocycles. The van der Waals surface area contributed by atoms with Gasteiger partial charge in [-0.15, -0.1) is 0 Å². The third-order valence-corrected chi connectivity index (χ3v) is 8.76. The largest absolute Gasteiger partial charge is 0.393 e. The van der Waals surface area contributed by atoms with E-state index in [9.17, 15) is 15.3 Å². The molecule has 0 spiro atoms. The smallest absolute Gasteiger partial charge is 0.0699 e. The summed E-state index contributed by atoms with van der Waals surface area (Å²) < 4.78 is 0. The summed E-state index contributed by atoms with van der Waals surface area (Å²) in [6.45, 7) is 4.64. The molecule has 4 rings (SSSR count). The minimum absolute atomic E-state index is 0.0288. The van der Waals surface area contributed by atoms with E-state index in [-0.39, 0.29) is 35.0 Å². The first-order chi connectivity index (χ1) is 10.8. The Morgan fingerprint density at radius 2 is 1.52 bits per heavy atom. The van der Waals surface area contributed by atoms with Crippen LogP contribution in [0.25, 0.3) is 0 Å². The van der Waals surface area contributed by atoms with E-state index in [4.69, 9.17) is 5.73 Å². The first kappa shape index (κ1) is 16.3. The summed E-state index contributed by atoms with van der Waals surface area (Å²) >= 11 is 0. The van der Waals surface area contributed by atoms with Crippen LogP contribution in [0.4, 0.5) is 0 Å². The lowest BCUT2D eigenvalue weighted by Crippen LogP contribution is -2.59. The zero-order chi connectivity index (χ0) is 16.6. The van der Waals surface area contributed by atoms with E-state index < -0.39 is 6.10 Å². The van der Waals surface area contributed by atoms with Crippen molar-refractivity contribution < 1.29 is 15.3 Å². The van der Waals surface area contributed by atoms with E-state index in [1.165, 1.54) is 0 Å². The molecule has 0 saturated heterocycles. The predicted molar refractivity (Wildman–Crippen MR) is 88.5 cm³/mol. The van der Waals surface area contributed by atoms with E-state index in [0.29, 0.717) is 17.8 Å². The molecule has 5 N–H and O–H groups in total. The van der Waals surface area contributed by atoms with Gasteiger partial charge in [-0.05, 0) is 79.4 Å². The van der Waals surface area contributed by atoms with E-state index in [2.05, 4.69) is 13.8 Å². The standard InChI is InChI=1S/C19H33NO3/c1-18-5-3-11(21)7-10(18)8-14(22)16-12(18)4-6-19(2)13(16)9-15(23)17(19)20/h10-17,21-23H,3-9,20H2,1-2H3/t10-,11-,12-,13-,14-,15-,16+,17+,18-,19-/m0/s1. The lowest BCUT2D eigenvalue weighted by Gasteiger charge is -2.62. The number of fused-ring (bicyclic) bond motifs is 5. The van der Waals surface area contributed by atoms with Gasteiger partial charge in [-0.25, -0.2) is 0 Å². The highest BCUT2D eigenvalue weighted by Gasteiger charge is 2.63. The van der Waals surface area contributed by atoms with Crippen LogP contribution in [0.1, 0.15) is 58.8 Å². The van der Waals surface area contributed by atoms with Crippen molar-refractivity contribution in [3.63, 3.8) is 0 Å². The second kappa shape index (κ2) is 5.17. The van der Waals surface area contributed by atoms with Crippen molar-refractivity contribution in [2.24, 2.45) is 40.2 Å². The van der Waals surface area contributed by atoms with Gasteiger partial charge in [-0.3, -0.25) is 0 Å². The van der Waals surface area contributed by atoms with Crippen molar-refractivity contribution in [1.82, 2.24) is 0 Å². The lowest BCUT2D eigenvalue weighted by atomic mass is 9.44. The number of hydrogen-bond donors (Lipinski definition) is 4.